The molecule has 2 rings (SSSR count). The van der Waals surface area contributed by atoms with Crippen molar-refractivity contribution in [1.82, 2.24) is 9.88 Å². The van der Waals surface area contributed by atoms with Crippen LogP contribution in [0.2, 0.25) is 5.02 Å². The number of halogens is 1. The largest absolute Gasteiger partial charge is 0.480 e. The third-order valence-corrected chi connectivity index (χ3v) is 3.04. The molecule has 0 spiro atoms. The van der Waals surface area contributed by atoms with Gasteiger partial charge in [0.15, 0.2) is 5.76 Å². The summed E-state index contributed by atoms with van der Waals surface area (Å²) in [7, 11) is 0. The highest BCUT2D eigenvalue weighted by molar-refractivity contribution is 6.30. The minimum atomic E-state index is -0.902. The number of aliphatic carboxylic acids is 1. The summed E-state index contributed by atoms with van der Waals surface area (Å²) in [6.07, 6.45) is 3.26. The van der Waals surface area contributed by atoms with Gasteiger partial charge >= 0.3 is 5.97 Å². The first-order valence-electron chi connectivity index (χ1n) is 6.34. The van der Waals surface area contributed by atoms with Gasteiger partial charge in [-0.3, -0.25) is 9.69 Å². The number of hydrogen-bond acceptors (Lipinski definition) is 4. The topological polar surface area (TPSA) is 66.6 Å². The Hall–Kier alpha value is -2.11. The minimum Gasteiger partial charge on any atom is -0.480 e. The lowest BCUT2D eigenvalue weighted by Crippen LogP contribution is -2.29. The predicted octanol–water partition coefficient (Wildman–Crippen LogP) is 3.07. The van der Waals surface area contributed by atoms with Crippen molar-refractivity contribution in [3.63, 3.8) is 0 Å². The molecule has 2 aromatic rings. The Morgan fingerprint density at radius 1 is 1.43 bits per heavy atom. The molecule has 0 fully saturated rings. The second-order valence-corrected chi connectivity index (χ2v) is 4.91. The minimum absolute atomic E-state index is 0.0926. The number of carboxylic acid groups (broad SMARTS) is 1. The summed E-state index contributed by atoms with van der Waals surface area (Å²) in [4.78, 5) is 16.6. The maximum Gasteiger partial charge on any atom is 0.317 e. The summed E-state index contributed by atoms with van der Waals surface area (Å²) in [5, 5.41) is 9.51. The van der Waals surface area contributed by atoms with E-state index in [9.17, 15) is 4.79 Å². The monoisotopic (exact) mass is 306 g/mol. The van der Waals surface area contributed by atoms with Crippen molar-refractivity contribution >= 4 is 17.6 Å². The molecule has 1 N–H and O–H groups in total. The molecule has 1 heterocycles. The highest BCUT2D eigenvalue weighted by Crippen LogP contribution is 2.22. The van der Waals surface area contributed by atoms with Crippen molar-refractivity contribution in [2.24, 2.45) is 0 Å². The van der Waals surface area contributed by atoms with Gasteiger partial charge < -0.3 is 9.52 Å². The van der Waals surface area contributed by atoms with Gasteiger partial charge in [-0.05, 0) is 24.3 Å². The van der Waals surface area contributed by atoms with Crippen molar-refractivity contribution in [3.05, 3.63) is 54.0 Å². The predicted molar refractivity (Wildman–Crippen MR) is 80.1 cm³/mol. The molecule has 1 aromatic carbocycles. The summed E-state index contributed by atoms with van der Waals surface area (Å²) in [5.74, 6) is 0.180. The lowest BCUT2D eigenvalue weighted by Gasteiger charge is -2.15. The first-order valence-corrected chi connectivity index (χ1v) is 6.72. The Balaban J connectivity index is 2.09. The summed E-state index contributed by atoms with van der Waals surface area (Å²) in [5.41, 5.74) is 0.867. The molecule has 6 heteroatoms. The average molecular weight is 307 g/mol. The third kappa shape index (κ3) is 4.44. The quantitative estimate of drug-likeness (QED) is 0.796. The molecule has 5 nitrogen and oxygen atoms in total. The summed E-state index contributed by atoms with van der Waals surface area (Å²) in [6.45, 7) is 4.28. The molecule has 0 saturated heterocycles. The Bertz CT molecular complexity index is 622. The van der Waals surface area contributed by atoms with E-state index in [1.165, 1.54) is 0 Å². The van der Waals surface area contributed by atoms with Crippen LogP contribution in [0.15, 0.2) is 47.5 Å². The molecule has 0 aliphatic rings. The van der Waals surface area contributed by atoms with Gasteiger partial charge in [0.2, 0.25) is 5.89 Å². The van der Waals surface area contributed by atoms with Gasteiger partial charge in [0, 0.05) is 17.1 Å². The fourth-order valence-corrected chi connectivity index (χ4v) is 2.01. The van der Waals surface area contributed by atoms with E-state index in [4.69, 9.17) is 21.1 Å². The van der Waals surface area contributed by atoms with Crippen LogP contribution in [0.25, 0.3) is 11.3 Å². The summed E-state index contributed by atoms with van der Waals surface area (Å²) < 4.78 is 5.64. The van der Waals surface area contributed by atoms with Crippen LogP contribution in [0.1, 0.15) is 5.89 Å². The van der Waals surface area contributed by atoms with E-state index in [-0.39, 0.29) is 6.54 Å². The number of oxazole rings is 1. The number of rotatable bonds is 7. The van der Waals surface area contributed by atoms with Crippen LogP contribution < -0.4 is 0 Å². The molecule has 1 aromatic heterocycles. The molecule has 0 bridgehead atoms. The number of aromatic nitrogens is 1. The third-order valence-electron chi connectivity index (χ3n) is 2.79. The van der Waals surface area contributed by atoms with Gasteiger partial charge in [0.05, 0.1) is 19.3 Å². The van der Waals surface area contributed by atoms with E-state index in [0.717, 1.165) is 5.56 Å². The summed E-state index contributed by atoms with van der Waals surface area (Å²) in [6, 6.07) is 7.22. The lowest BCUT2D eigenvalue weighted by atomic mass is 10.2. The van der Waals surface area contributed by atoms with Gasteiger partial charge in [-0.25, -0.2) is 4.98 Å². The lowest BCUT2D eigenvalue weighted by molar-refractivity contribution is -0.138. The van der Waals surface area contributed by atoms with Gasteiger partial charge in [-0.15, -0.1) is 6.58 Å². The van der Waals surface area contributed by atoms with Crippen LogP contribution >= 0.6 is 11.6 Å². The zero-order chi connectivity index (χ0) is 15.2. The smallest absolute Gasteiger partial charge is 0.317 e. The van der Waals surface area contributed by atoms with E-state index in [0.29, 0.717) is 29.8 Å². The van der Waals surface area contributed by atoms with Crippen molar-refractivity contribution in [3.8, 4) is 11.3 Å². The molecule has 0 unspecified atom stereocenters. The molecule has 0 amide bonds. The van der Waals surface area contributed by atoms with Crippen molar-refractivity contribution < 1.29 is 14.3 Å². The Morgan fingerprint density at radius 2 is 2.14 bits per heavy atom. The molecule has 110 valence electrons. The van der Waals surface area contributed by atoms with Gasteiger partial charge in [0.25, 0.3) is 0 Å². The highest BCUT2D eigenvalue weighted by Gasteiger charge is 2.13. The molecular formula is C15H15ClN2O3. The number of carbonyl (C=O) groups is 1. The van der Waals surface area contributed by atoms with Crippen molar-refractivity contribution in [1.29, 1.82) is 0 Å². The van der Waals surface area contributed by atoms with Gasteiger partial charge in [0.1, 0.15) is 0 Å². The molecule has 21 heavy (non-hydrogen) atoms. The fraction of sp³-hybridized carbons (Fsp3) is 0.200. The SMILES string of the molecule is C=CCN(CC(=O)O)Cc1ncc(-c2ccc(Cl)cc2)o1. The zero-order valence-corrected chi connectivity index (χ0v) is 12.1. The fourth-order valence-electron chi connectivity index (χ4n) is 1.88. The zero-order valence-electron chi connectivity index (χ0n) is 11.3. The highest BCUT2D eigenvalue weighted by atomic mass is 35.5. The van der Waals surface area contributed by atoms with E-state index in [1.54, 1.807) is 29.3 Å². The summed E-state index contributed by atoms with van der Waals surface area (Å²) >= 11 is 5.84. The van der Waals surface area contributed by atoms with Gasteiger partial charge in [-0.1, -0.05) is 17.7 Å². The van der Waals surface area contributed by atoms with Crippen LogP contribution in [0.3, 0.4) is 0 Å². The first kappa shape index (κ1) is 15.3. The number of carboxylic acids is 1. The van der Waals surface area contributed by atoms with Crippen LogP contribution in [-0.2, 0) is 11.3 Å². The average Bonchev–Trinajstić information content (AvgIpc) is 2.87. The maximum atomic E-state index is 10.8. The van der Waals surface area contributed by atoms with Crippen LogP contribution in [0.4, 0.5) is 0 Å². The second kappa shape index (κ2) is 7.06. The molecule has 0 aliphatic carbocycles. The molecular weight excluding hydrogens is 292 g/mol. The molecule has 0 aliphatic heterocycles. The first-order chi connectivity index (χ1) is 10.1. The maximum absolute atomic E-state index is 10.8. The van der Waals surface area contributed by atoms with E-state index < -0.39 is 5.97 Å². The van der Waals surface area contributed by atoms with Crippen LogP contribution in [0, 0.1) is 0 Å². The standard InChI is InChI=1S/C15H15ClN2O3/c1-2-7-18(10-15(19)20)9-14-17-8-13(21-14)11-3-5-12(16)6-4-11/h2-6,8H,1,7,9-10H2,(H,19,20). The van der Waals surface area contributed by atoms with E-state index in [1.807, 2.05) is 12.1 Å². The van der Waals surface area contributed by atoms with E-state index in [2.05, 4.69) is 11.6 Å². The molecule has 0 atom stereocenters. The normalized spacial score (nSPS) is 10.8. The number of hydrogen-bond donors (Lipinski definition) is 1. The Labute approximate surface area is 127 Å². The second-order valence-electron chi connectivity index (χ2n) is 4.48. The molecule has 0 radical (unpaired) electrons. The van der Waals surface area contributed by atoms with E-state index >= 15 is 0 Å². The van der Waals surface area contributed by atoms with Crippen molar-refractivity contribution in [2.45, 2.75) is 6.54 Å². The van der Waals surface area contributed by atoms with Gasteiger partial charge in [-0.2, -0.15) is 0 Å². The Kier molecular flexibility index (Phi) is 5.14. The van der Waals surface area contributed by atoms with Crippen LogP contribution in [0.5, 0.6) is 0 Å². The van der Waals surface area contributed by atoms with Crippen molar-refractivity contribution in [2.75, 3.05) is 13.1 Å². The Morgan fingerprint density at radius 3 is 2.76 bits per heavy atom. The van der Waals surface area contributed by atoms with Crippen LogP contribution in [-0.4, -0.2) is 34.0 Å². The number of benzene rings is 1. The number of nitrogens with zero attached hydrogens (tertiary/aromatic N) is 2. The molecule has 0 saturated carbocycles.